The van der Waals surface area contributed by atoms with Crippen LogP contribution in [0.25, 0.3) is 0 Å². The number of rotatable bonds is 4. The van der Waals surface area contributed by atoms with Gasteiger partial charge < -0.3 is 10.8 Å². The molecule has 1 aromatic heterocycles. The number of hydrogen-bond acceptors (Lipinski definition) is 4. The van der Waals surface area contributed by atoms with E-state index >= 15 is 0 Å². The Balaban J connectivity index is 2.53. The van der Waals surface area contributed by atoms with Gasteiger partial charge in [-0.05, 0) is 19.1 Å². The molecule has 4 nitrogen and oxygen atoms in total. The van der Waals surface area contributed by atoms with Crippen LogP contribution in [0.15, 0.2) is 29.4 Å². The number of hydrogen-bond donors (Lipinski definition) is 2. The van der Waals surface area contributed by atoms with Crippen LogP contribution in [-0.2, 0) is 4.79 Å². The number of carbonyl (C=O) groups is 1. The van der Waals surface area contributed by atoms with Gasteiger partial charge in [0, 0.05) is 23.0 Å². The Morgan fingerprint density at radius 2 is 2.21 bits per heavy atom. The Kier molecular flexibility index (Phi) is 3.49. The smallest absolute Gasteiger partial charge is 0.324 e. The Morgan fingerprint density at radius 3 is 2.71 bits per heavy atom. The first kappa shape index (κ1) is 11.0. The van der Waals surface area contributed by atoms with E-state index < -0.39 is 11.5 Å². The molecule has 3 N–H and O–H groups in total. The molecule has 5 heteroatoms. The van der Waals surface area contributed by atoms with Gasteiger partial charge in [-0.2, -0.15) is 0 Å². The second-order valence-electron chi connectivity index (χ2n) is 3.19. The first-order valence-electron chi connectivity index (χ1n) is 4.07. The van der Waals surface area contributed by atoms with Crippen LogP contribution in [0.2, 0.25) is 0 Å². The van der Waals surface area contributed by atoms with E-state index in [0.29, 0.717) is 5.75 Å². The summed E-state index contributed by atoms with van der Waals surface area (Å²) in [6.07, 6.45) is 3.33. The topological polar surface area (TPSA) is 76.2 Å². The van der Waals surface area contributed by atoms with Gasteiger partial charge >= 0.3 is 5.97 Å². The fraction of sp³-hybridized carbons (Fsp3) is 0.333. The molecule has 1 aromatic rings. The molecule has 0 aromatic carbocycles. The van der Waals surface area contributed by atoms with Crippen molar-refractivity contribution in [2.24, 2.45) is 5.73 Å². The second-order valence-corrected chi connectivity index (χ2v) is 4.24. The minimum atomic E-state index is -1.19. The van der Waals surface area contributed by atoms with Crippen LogP contribution >= 0.6 is 11.8 Å². The van der Waals surface area contributed by atoms with Crippen molar-refractivity contribution in [2.75, 3.05) is 5.75 Å². The molecule has 1 unspecified atom stereocenters. The molecule has 0 saturated heterocycles. The van der Waals surface area contributed by atoms with Crippen LogP contribution in [0, 0.1) is 0 Å². The maximum atomic E-state index is 10.7. The predicted molar refractivity (Wildman–Crippen MR) is 55.2 cm³/mol. The predicted octanol–water partition coefficient (Wildman–Crippen LogP) is 0.976. The van der Waals surface area contributed by atoms with Crippen LogP contribution in [0.4, 0.5) is 0 Å². The lowest BCUT2D eigenvalue weighted by Gasteiger charge is -2.17. The molecule has 1 heterocycles. The van der Waals surface area contributed by atoms with E-state index in [1.165, 1.54) is 18.7 Å². The van der Waals surface area contributed by atoms with Crippen molar-refractivity contribution in [1.29, 1.82) is 0 Å². The van der Waals surface area contributed by atoms with E-state index in [4.69, 9.17) is 10.8 Å². The van der Waals surface area contributed by atoms with Gasteiger partial charge in [0.1, 0.15) is 5.54 Å². The number of carboxylic acid groups (broad SMARTS) is 1. The van der Waals surface area contributed by atoms with E-state index in [-0.39, 0.29) is 0 Å². The minimum Gasteiger partial charge on any atom is -0.480 e. The lowest BCUT2D eigenvalue weighted by molar-refractivity contribution is -0.141. The van der Waals surface area contributed by atoms with E-state index in [1.807, 2.05) is 12.1 Å². The molecule has 76 valence electrons. The van der Waals surface area contributed by atoms with E-state index in [2.05, 4.69) is 4.98 Å². The van der Waals surface area contributed by atoms with Gasteiger partial charge in [0.05, 0.1) is 0 Å². The van der Waals surface area contributed by atoms with Gasteiger partial charge in [-0.25, -0.2) is 0 Å². The highest BCUT2D eigenvalue weighted by Crippen LogP contribution is 2.20. The number of aliphatic carboxylic acids is 1. The molecule has 1 rings (SSSR count). The van der Waals surface area contributed by atoms with Crippen molar-refractivity contribution in [1.82, 2.24) is 4.98 Å². The minimum absolute atomic E-state index is 0.340. The number of aromatic nitrogens is 1. The zero-order chi connectivity index (χ0) is 10.6. The monoisotopic (exact) mass is 212 g/mol. The highest BCUT2D eigenvalue weighted by molar-refractivity contribution is 7.99. The molecule has 0 amide bonds. The summed E-state index contributed by atoms with van der Waals surface area (Å²) in [5.41, 5.74) is 4.38. The van der Waals surface area contributed by atoms with E-state index in [0.717, 1.165) is 4.90 Å². The van der Waals surface area contributed by atoms with Gasteiger partial charge in [-0.15, -0.1) is 11.8 Å². The third kappa shape index (κ3) is 3.01. The fourth-order valence-corrected chi connectivity index (χ4v) is 1.63. The van der Waals surface area contributed by atoms with Crippen LogP contribution in [0.3, 0.4) is 0 Å². The number of carboxylic acids is 1. The molecule has 0 aliphatic rings. The van der Waals surface area contributed by atoms with E-state index in [1.54, 1.807) is 12.4 Å². The molecule has 0 saturated carbocycles. The Hall–Kier alpha value is -1.07. The van der Waals surface area contributed by atoms with Crippen LogP contribution in [-0.4, -0.2) is 27.4 Å². The van der Waals surface area contributed by atoms with Gasteiger partial charge in [-0.3, -0.25) is 9.78 Å². The van der Waals surface area contributed by atoms with Gasteiger partial charge in [-0.1, -0.05) is 0 Å². The average Bonchev–Trinajstić information content (AvgIpc) is 2.16. The van der Waals surface area contributed by atoms with Crippen molar-refractivity contribution < 1.29 is 9.90 Å². The van der Waals surface area contributed by atoms with Crippen molar-refractivity contribution in [3.8, 4) is 0 Å². The summed E-state index contributed by atoms with van der Waals surface area (Å²) in [6, 6.07) is 3.64. The SMILES string of the molecule is CC(N)(CSc1ccncc1)C(=O)O. The Morgan fingerprint density at radius 1 is 1.64 bits per heavy atom. The maximum Gasteiger partial charge on any atom is 0.324 e. The zero-order valence-electron chi connectivity index (χ0n) is 7.80. The van der Waals surface area contributed by atoms with Gasteiger partial charge in [0.2, 0.25) is 0 Å². The Labute approximate surface area is 86.5 Å². The summed E-state index contributed by atoms with van der Waals surface area (Å²) >= 11 is 1.41. The summed E-state index contributed by atoms with van der Waals surface area (Å²) in [5, 5.41) is 8.77. The van der Waals surface area contributed by atoms with Gasteiger partial charge in [0.25, 0.3) is 0 Å². The van der Waals surface area contributed by atoms with Crippen molar-refractivity contribution >= 4 is 17.7 Å². The largest absolute Gasteiger partial charge is 0.480 e. The van der Waals surface area contributed by atoms with Crippen molar-refractivity contribution in [2.45, 2.75) is 17.4 Å². The average molecular weight is 212 g/mol. The molecule has 1 atom stereocenters. The standard InChI is InChI=1S/C9H12N2O2S/c1-9(10,8(12)13)6-14-7-2-4-11-5-3-7/h2-5H,6,10H2,1H3,(H,12,13). The summed E-state index contributed by atoms with van der Waals surface area (Å²) in [4.78, 5) is 15.5. The summed E-state index contributed by atoms with van der Waals surface area (Å²) in [5.74, 6) is -0.647. The number of thioether (sulfide) groups is 1. The summed E-state index contributed by atoms with van der Waals surface area (Å²) in [7, 11) is 0. The second kappa shape index (κ2) is 4.43. The molecular weight excluding hydrogens is 200 g/mol. The lowest BCUT2D eigenvalue weighted by atomic mass is 10.1. The number of nitrogens with two attached hydrogens (primary N) is 1. The van der Waals surface area contributed by atoms with Gasteiger partial charge in [0.15, 0.2) is 0 Å². The fourth-order valence-electron chi connectivity index (χ4n) is 0.729. The summed E-state index contributed by atoms with van der Waals surface area (Å²) in [6.45, 7) is 1.50. The third-order valence-electron chi connectivity index (χ3n) is 1.68. The molecule has 0 fully saturated rings. The molecular formula is C9H12N2O2S. The first-order valence-corrected chi connectivity index (χ1v) is 5.06. The Bertz CT molecular complexity index is 314. The molecule has 0 aliphatic heterocycles. The lowest BCUT2D eigenvalue weighted by Crippen LogP contribution is -2.47. The summed E-state index contributed by atoms with van der Waals surface area (Å²) < 4.78 is 0. The normalized spacial score (nSPS) is 14.7. The third-order valence-corrected chi connectivity index (χ3v) is 3.03. The first-order chi connectivity index (χ1) is 6.52. The molecule has 0 spiro atoms. The van der Waals surface area contributed by atoms with Crippen LogP contribution < -0.4 is 5.73 Å². The molecule has 0 aliphatic carbocycles. The highest BCUT2D eigenvalue weighted by atomic mass is 32.2. The zero-order valence-corrected chi connectivity index (χ0v) is 8.62. The van der Waals surface area contributed by atoms with Crippen LogP contribution in [0.5, 0.6) is 0 Å². The molecule has 0 bridgehead atoms. The van der Waals surface area contributed by atoms with Crippen molar-refractivity contribution in [3.05, 3.63) is 24.5 Å². The number of nitrogens with zero attached hydrogens (tertiary/aromatic N) is 1. The highest BCUT2D eigenvalue weighted by Gasteiger charge is 2.27. The van der Waals surface area contributed by atoms with E-state index in [9.17, 15) is 4.79 Å². The molecule has 0 radical (unpaired) electrons. The van der Waals surface area contributed by atoms with Crippen LogP contribution in [0.1, 0.15) is 6.92 Å². The number of pyridine rings is 1. The molecule has 14 heavy (non-hydrogen) atoms. The van der Waals surface area contributed by atoms with Crippen molar-refractivity contribution in [3.63, 3.8) is 0 Å². The maximum absolute atomic E-state index is 10.7. The quantitative estimate of drug-likeness (QED) is 0.727.